The average molecular weight is 206 g/mol. The molecular weight excluding hydrogens is 188 g/mol. The number of nitrogen functional groups attached to an aromatic ring is 1. The van der Waals surface area contributed by atoms with Crippen molar-refractivity contribution < 1.29 is 0 Å². The Morgan fingerprint density at radius 1 is 1.27 bits per heavy atom. The van der Waals surface area contributed by atoms with Gasteiger partial charge in [0.2, 0.25) is 0 Å². The zero-order valence-corrected chi connectivity index (χ0v) is 9.40. The van der Waals surface area contributed by atoms with Crippen molar-refractivity contribution in [1.82, 2.24) is 9.88 Å². The van der Waals surface area contributed by atoms with Crippen molar-refractivity contribution in [2.45, 2.75) is 6.92 Å². The number of nitrogens with zero attached hydrogens (tertiary/aromatic N) is 3. The monoisotopic (exact) mass is 206 g/mol. The van der Waals surface area contributed by atoms with E-state index in [2.05, 4.69) is 21.8 Å². The van der Waals surface area contributed by atoms with Gasteiger partial charge in [-0.15, -0.1) is 0 Å². The van der Waals surface area contributed by atoms with Crippen LogP contribution in [0.5, 0.6) is 0 Å². The third kappa shape index (κ3) is 2.04. The highest BCUT2D eigenvalue weighted by atomic mass is 15.3. The second kappa shape index (κ2) is 4.06. The number of nitrogens with two attached hydrogens (primary N) is 1. The van der Waals surface area contributed by atoms with E-state index in [4.69, 9.17) is 5.73 Å². The molecule has 0 aliphatic carbocycles. The summed E-state index contributed by atoms with van der Waals surface area (Å²) >= 11 is 0. The quantitative estimate of drug-likeness (QED) is 0.735. The zero-order valence-electron chi connectivity index (χ0n) is 9.40. The van der Waals surface area contributed by atoms with E-state index in [1.54, 1.807) is 0 Å². The first-order valence-corrected chi connectivity index (χ1v) is 5.33. The lowest BCUT2D eigenvalue weighted by Gasteiger charge is -2.34. The van der Waals surface area contributed by atoms with Gasteiger partial charge in [-0.2, -0.15) is 0 Å². The maximum atomic E-state index is 6.03. The smallest absolute Gasteiger partial charge is 0.0768 e. The molecule has 82 valence electrons. The molecule has 1 fully saturated rings. The largest absolute Gasteiger partial charge is 0.396 e. The van der Waals surface area contributed by atoms with Crippen LogP contribution in [0.15, 0.2) is 12.3 Å². The first-order chi connectivity index (χ1) is 7.18. The van der Waals surface area contributed by atoms with E-state index >= 15 is 0 Å². The van der Waals surface area contributed by atoms with Gasteiger partial charge in [0.1, 0.15) is 0 Å². The Kier molecular flexibility index (Phi) is 2.77. The van der Waals surface area contributed by atoms with E-state index in [1.165, 1.54) is 0 Å². The Morgan fingerprint density at radius 2 is 1.93 bits per heavy atom. The first-order valence-electron chi connectivity index (χ1n) is 5.33. The summed E-state index contributed by atoms with van der Waals surface area (Å²) in [6.07, 6.45) is 1.83. The molecule has 0 saturated carbocycles. The molecule has 15 heavy (non-hydrogen) atoms. The topological polar surface area (TPSA) is 45.4 Å². The minimum atomic E-state index is 0.821. The van der Waals surface area contributed by atoms with E-state index in [0.717, 1.165) is 43.2 Å². The van der Waals surface area contributed by atoms with Gasteiger partial charge in [0.25, 0.3) is 0 Å². The van der Waals surface area contributed by atoms with Gasteiger partial charge in [-0.3, -0.25) is 4.98 Å². The van der Waals surface area contributed by atoms with E-state index in [9.17, 15) is 0 Å². The van der Waals surface area contributed by atoms with E-state index in [0.29, 0.717) is 0 Å². The molecule has 1 aliphatic heterocycles. The van der Waals surface area contributed by atoms with Crippen LogP contribution in [0, 0.1) is 6.92 Å². The maximum absolute atomic E-state index is 6.03. The zero-order chi connectivity index (χ0) is 10.8. The van der Waals surface area contributed by atoms with Crippen molar-refractivity contribution in [2.24, 2.45) is 0 Å². The highest BCUT2D eigenvalue weighted by molar-refractivity contribution is 5.69. The molecule has 1 saturated heterocycles. The number of hydrogen-bond donors (Lipinski definition) is 1. The van der Waals surface area contributed by atoms with Crippen LogP contribution in [0.3, 0.4) is 0 Å². The molecule has 0 atom stereocenters. The summed E-state index contributed by atoms with van der Waals surface area (Å²) in [5.41, 5.74) is 8.91. The minimum absolute atomic E-state index is 0.821. The SMILES string of the molecule is Cc1nccc(N2CCN(C)CC2)c1N. The number of likely N-dealkylation sites (N-methyl/N-ethyl adjacent to an activating group) is 1. The van der Waals surface area contributed by atoms with Gasteiger partial charge in [0.15, 0.2) is 0 Å². The van der Waals surface area contributed by atoms with Crippen molar-refractivity contribution >= 4 is 11.4 Å². The standard InChI is InChI=1S/C11H18N4/c1-9-11(12)10(3-4-13-9)15-7-5-14(2)6-8-15/h3-4H,5-8,12H2,1-2H3. The van der Waals surface area contributed by atoms with Crippen LogP contribution >= 0.6 is 0 Å². The van der Waals surface area contributed by atoms with Gasteiger partial charge in [-0.1, -0.05) is 0 Å². The van der Waals surface area contributed by atoms with Crippen molar-refractivity contribution in [1.29, 1.82) is 0 Å². The molecule has 1 aromatic rings. The molecular formula is C11H18N4. The Hall–Kier alpha value is -1.29. The summed E-state index contributed by atoms with van der Waals surface area (Å²) in [6.45, 7) is 6.24. The molecule has 0 unspecified atom stereocenters. The maximum Gasteiger partial charge on any atom is 0.0768 e. The van der Waals surface area contributed by atoms with Crippen LogP contribution in [0.2, 0.25) is 0 Å². The Labute approximate surface area is 90.7 Å². The molecule has 4 heteroatoms. The van der Waals surface area contributed by atoms with Crippen LogP contribution in [0.25, 0.3) is 0 Å². The molecule has 0 bridgehead atoms. The van der Waals surface area contributed by atoms with Crippen LogP contribution in [-0.2, 0) is 0 Å². The van der Waals surface area contributed by atoms with Crippen molar-refractivity contribution in [3.63, 3.8) is 0 Å². The molecule has 1 aromatic heterocycles. The van der Waals surface area contributed by atoms with Crippen molar-refractivity contribution in [3.05, 3.63) is 18.0 Å². The van der Waals surface area contributed by atoms with Gasteiger partial charge in [-0.25, -0.2) is 0 Å². The number of aromatic nitrogens is 1. The Morgan fingerprint density at radius 3 is 2.60 bits per heavy atom. The first kappa shape index (κ1) is 10.2. The number of anilines is 2. The molecule has 0 radical (unpaired) electrons. The lowest BCUT2D eigenvalue weighted by atomic mass is 10.2. The minimum Gasteiger partial charge on any atom is -0.396 e. The van der Waals surface area contributed by atoms with E-state index in [-0.39, 0.29) is 0 Å². The highest BCUT2D eigenvalue weighted by Crippen LogP contribution is 2.25. The van der Waals surface area contributed by atoms with E-state index in [1.807, 2.05) is 19.2 Å². The second-order valence-electron chi connectivity index (χ2n) is 4.12. The fourth-order valence-corrected chi connectivity index (χ4v) is 1.89. The van der Waals surface area contributed by atoms with Gasteiger partial charge < -0.3 is 15.5 Å². The fourth-order valence-electron chi connectivity index (χ4n) is 1.89. The predicted octanol–water partition coefficient (Wildman–Crippen LogP) is 0.724. The van der Waals surface area contributed by atoms with Gasteiger partial charge in [0, 0.05) is 32.4 Å². The molecule has 2 heterocycles. The summed E-state index contributed by atoms with van der Waals surface area (Å²) in [5, 5.41) is 0. The van der Waals surface area contributed by atoms with Gasteiger partial charge >= 0.3 is 0 Å². The lowest BCUT2D eigenvalue weighted by Crippen LogP contribution is -2.44. The second-order valence-corrected chi connectivity index (χ2v) is 4.12. The van der Waals surface area contributed by atoms with Crippen LogP contribution < -0.4 is 10.6 Å². The molecule has 0 aromatic carbocycles. The van der Waals surface area contributed by atoms with Crippen LogP contribution in [0.4, 0.5) is 11.4 Å². The summed E-state index contributed by atoms with van der Waals surface area (Å²) < 4.78 is 0. The summed E-state index contributed by atoms with van der Waals surface area (Å²) in [6, 6.07) is 2.01. The number of hydrogen-bond acceptors (Lipinski definition) is 4. The predicted molar refractivity (Wildman–Crippen MR) is 63.1 cm³/mol. The number of piperazine rings is 1. The normalized spacial score (nSPS) is 18.1. The third-order valence-electron chi connectivity index (χ3n) is 3.01. The number of pyridine rings is 1. The fraction of sp³-hybridized carbons (Fsp3) is 0.545. The summed E-state index contributed by atoms with van der Waals surface area (Å²) in [4.78, 5) is 8.86. The molecule has 1 aliphatic rings. The molecule has 2 rings (SSSR count). The van der Waals surface area contributed by atoms with Crippen molar-refractivity contribution in [2.75, 3.05) is 43.9 Å². The van der Waals surface area contributed by atoms with Crippen LogP contribution in [0.1, 0.15) is 5.69 Å². The number of aryl methyl sites for hydroxylation is 1. The third-order valence-corrected chi connectivity index (χ3v) is 3.01. The molecule has 2 N–H and O–H groups in total. The summed E-state index contributed by atoms with van der Waals surface area (Å²) in [7, 11) is 2.15. The Balaban J connectivity index is 2.19. The highest BCUT2D eigenvalue weighted by Gasteiger charge is 2.16. The molecule has 4 nitrogen and oxygen atoms in total. The summed E-state index contributed by atoms with van der Waals surface area (Å²) in [5.74, 6) is 0. The van der Waals surface area contributed by atoms with Crippen LogP contribution in [-0.4, -0.2) is 43.1 Å². The molecule has 0 spiro atoms. The average Bonchev–Trinajstić information content (AvgIpc) is 2.24. The number of rotatable bonds is 1. The van der Waals surface area contributed by atoms with Gasteiger partial charge in [0.05, 0.1) is 17.1 Å². The van der Waals surface area contributed by atoms with Crippen molar-refractivity contribution in [3.8, 4) is 0 Å². The van der Waals surface area contributed by atoms with Gasteiger partial charge in [-0.05, 0) is 20.0 Å². The Bertz CT molecular complexity index is 342. The lowest BCUT2D eigenvalue weighted by molar-refractivity contribution is 0.313. The van der Waals surface area contributed by atoms with E-state index < -0.39 is 0 Å². The molecule has 0 amide bonds.